The van der Waals surface area contributed by atoms with Gasteiger partial charge in [0.2, 0.25) is 11.8 Å². The van der Waals surface area contributed by atoms with Crippen LogP contribution in [0.25, 0.3) is 67.4 Å². The number of hydrogen-bond acceptors (Lipinski definition) is 3. The maximum atomic E-state index is 5.79. The number of aromatic nitrogens is 2. The van der Waals surface area contributed by atoms with Crippen molar-refractivity contribution in [2.24, 2.45) is 0 Å². The fraction of sp³-hybridized carbons (Fsp3) is 0.0667. The zero-order chi connectivity index (χ0) is 43.6. The molecule has 0 fully saturated rings. The zero-order valence-electron chi connectivity index (χ0n) is 36.4. The molecule has 9 aromatic carbocycles. The van der Waals surface area contributed by atoms with Crippen LogP contribution in [0.5, 0.6) is 0 Å². The molecule has 0 aliphatic rings. The Balaban J connectivity index is 0.000000136. The highest BCUT2D eigenvalue weighted by molar-refractivity contribution is 5.71. The van der Waals surface area contributed by atoms with Crippen LogP contribution in [0, 0.1) is 27.7 Å². The molecule has 0 N–H and O–H groups in total. The largest absolute Gasteiger partial charge is 0.416 e. The van der Waals surface area contributed by atoms with Crippen molar-refractivity contribution in [3.8, 4) is 67.4 Å². The lowest BCUT2D eigenvalue weighted by Gasteiger charge is -2.05. The van der Waals surface area contributed by atoms with Gasteiger partial charge in [-0.05, 0) is 96.5 Å². The Hall–Kier alpha value is -7.88. The van der Waals surface area contributed by atoms with E-state index in [0.717, 1.165) is 11.1 Å². The van der Waals surface area contributed by atoms with Crippen molar-refractivity contribution in [3.63, 3.8) is 0 Å². The fourth-order valence-electron chi connectivity index (χ4n) is 6.73. The molecule has 1 heterocycles. The molecule has 10 rings (SSSR count). The van der Waals surface area contributed by atoms with E-state index >= 15 is 0 Å². The highest BCUT2D eigenvalue weighted by Crippen LogP contribution is 2.28. The van der Waals surface area contributed by atoms with Gasteiger partial charge in [-0.3, -0.25) is 0 Å². The lowest BCUT2D eigenvalue weighted by Crippen LogP contribution is -1.81. The Kier molecular flexibility index (Phi) is 15.2. The average Bonchev–Trinajstić information content (AvgIpc) is 3.85. The summed E-state index contributed by atoms with van der Waals surface area (Å²) >= 11 is 0. The summed E-state index contributed by atoms with van der Waals surface area (Å²) in [5.41, 5.74) is 17.0. The smallest absolute Gasteiger partial charge is 0.248 e. The van der Waals surface area contributed by atoms with E-state index in [9.17, 15) is 0 Å². The fourth-order valence-corrected chi connectivity index (χ4v) is 6.73. The van der Waals surface area contributed by atoms with Crippen molar-refractivity contribution in [1.29, 1.82) is 0 Å². The van der Waals surface area contributed by atoms with Crippen molar-refractivity contribution in [2.45, 2.75) is 27.7 Å². The third kappa shape index (κ3) is 12.8. The van der Waals surface area contributed by atoms with Gasteiger partial charge in [0.1, 0.15) is 0 Å². The molecule has 308 valence electrons. The molecule has 0 amide bonds. The minimum Gasteiger partial charge on any atom is -0.416 e. The van der Waals surface area contributed by atoms with Crippen LogP contribution in [0.2, 0.25) is 0 Å². The molecule has 0 atom stereocenters. The molecule has 0 unspecified atom stereocenters. The summed E-state index contributed by atoms with van der Waals surface area (Å²) < 4.78 is 5.79. The van der Waals surface area contributed by atoms with E-state index < -0.39 is 0 Å². The van der Waals surface area contributed by atoms with Crippen molar-refractivity contribution >= 4 is 0 Å². The van der Waals surface area contributed by atoms with E-state index in [2.05, 4.69) is 208 Å². The van der Waals surface area contributed by atoms with Crippen LogP contribution in [-0.4, -0.2) is 10.2 Å². The van der Waals surface area contributed by atoms with E-state index in [0.29, 0.717) is 11.8 Å². The summed E-state index contributed by atoms with van der Waals surface area (Å²) in [5.74, 6) is 1.07. The maximum Gasteiger partial charge on any atom is 0.248 e. The van der Waals surface area contributed by atoms with Gasteiger partial charge in [0.15, 0.2) is 0 Å². The molecule has 10 aromatic rings. The Morgan fingerprint density at radius 2 is 0.397 bits per heavy atom. The van der Waals surface area contributed by atoms with E-state index in [1.165, 1.54) is 66.8 Å². The van der Waals surface area contributed by atoms with E-state index in [-0.39, 0.29) is 0 Å². The first-order valence-corrected chi connectivity index (χ1v) is 21.3. The van der Waals surface area contributed by atoms with Gasteiger partial charge in [0.05, 0.1) is 0 Å². The van der Waals surface area contributed by atoms with Gasteiger partial charge in [-0.2, -0.15) is 0 Å². The second-order valence-electron chi connectivity index (χ2n) is 15.4. The monoisotopic (exact) mass is 816 g/mol. The summed E-state index contributed by atoms with van der Waals surface area (Å²) in [6, 6.07) is 83.6. The predicted molar refractivity (Wildman–Crippen MR) is 265 cm³/mol. The van der Waals surface area contributed by atoms with Crippen LogP contribution >= 0.6 is 0 Å². The van der Waals surface area contributed by atoms with Crippen LogP contribution in [0.15, 0.2) is 247 Å². The van der Waals surface area contributed by atoms with Gasteiger partial charge < -0.3 is 4.42 Å². The molecule has 0 aliphatic carbocycles. The van der Waals surface area contributed by atoms with Crippen molar-refractivity contribution in [1.82, 2.24) is 10.2 Å². The number of nitrogens with zero attached hydrogens (tertiary/aromatic N) is 2. The van der Waals surface area contributed by atoms with Gasteiger partial charge in [0, 0.05) is 11.1 Å². The van der Waals surface area contributed by atoms with Crippen LogP contribution in [-0.2, 0) is 0 Å². The molecular formula is C60H52N2O. The summed E-state index contributed by atoms with van der Waals surface area (Å²) in [7, 11) is 0. The highest BCUT2D eigenvalue weighted by atomic mass is 16.4. The lowest BCUT2D eigenvalue weighted by molar-refractivity contribution is 0.584. The quantitative estimate of drug-likeness (QED) is 0.168. The third-order valence-corrected chi connectivity index (χ3v) is 10.4. The van der Waals surface area contributed by atoms with Gasteiger partial charge >= 0.3 is 0 Å². The van der Waals surface area contributed by atoms with Crippen LogP contribution in [0.4, 0.5) is 0 Å². The van der Waals surface area contributed by atoms with Crippen molar-refractivity contribution in [3.05, 3.63) is 265 Å². The van der Waals surface area contributed by atoms with Crippen molar-refractivity contribution in [2.75, 3.05) is 0 Å². The Morgan fingerprint density at radius 3 is 0.667 bits per heavy atom. The van der Waals surface area contributed by atoms with Crippen LogP contribution in [0.3, 0.4) is 0 Å². The van der Waals surface area contributed by atoms with Gasteiger partial charge in [-0.1, -0.05) is 241 Å². The van der Waals surface area contributed by atoms with Gasteiger partial charge in [-0.15, -0.1) is 10.2 Å². The van der Waals surface area contributed by atoms with Crippen LogP contribution < -0.4 is 0 Å². The first-order valence-electron chi connectivity index (χ1n) is 21.3. The number of aryl methyl sites for hydroxylation is 4. The van der Waals surface area contributed by atoms with Crippen molar-refractivity contribution < 1.29 is 4.42 Å². The molecule has 0 spiro atoms. The van der Waals surface area contributed by atoms with E-state index in [1.807, 2.05) is 72.8 Å². The number of rotatable bonds is 6. The molecule has 63 heavy (non-hydrogen) atoms. The Bertz CT molecular complexity index is 2830. The first-order chi connectivity index (χ1) is 30.9. The molecule has 0 radical (unpaired) electrons. The summed E-state index contributed by atoms with van der Waals surface area (Å²) in [6.45, 7) is 8.39. The summed E-state index contributed by atoms with van der Waals surface area (Å²) in [5, 5.41) is 8.30. The molecule has 0 saturated carbocycles. The third-order valence-electron chi connectivity index (χ3n) is 10.4. The normalized spacial score (nSPS) is 10.2. The van der Waals surface area contributed by atoms with Gasteiger partial charge in [0.25, 0.3) is 0 Å². The summed E-state index contributed by atoms with van der Waals surface area (Å²) in [6.07, 6.45) is 0. The molecule has 0 saturated heterocycles. The summed E-state index contributed by atoms with van der Waals surface area (Å²) in [4.78, 5) is 0. The average molecular weight is 817 g/mol. The maximum absolute atomic E-state index is 5.79. The SMILES string of the molecule is Cc1ccc(-c2ccc(-c3ccccc3)cc2)cc1.Cc1ccc(-c2ccc(-c3nnc(-c4ccccc4)o3)cc2)cc1.Cc1ccc(-c2ccccc2)cc1.Cc1ccccc1. The minimum atomic E-state index is 0.532. The molecule has 0 aliphatic heterocycles. The topological polar surface area (TPSA) is 38.9 Å². The van der Waals surface area contributed by atoms with E-state index in [4.69, 9.17) is 4.42 Å². The number of benzene rings is 9. The predicted octanol–water partition coefficient (Wildman–Crippen LogP) is 16.4. The van der Waals surface area contributed by atoms with Crippen LogP contribution in [0.1, 0.15) is 22.3 Å². The second kappa shape index (κ2) is 22.1. The minimum absolute atomic E-state index is 0.532. The van der Waals surface area contributed by atoms with E-state index in [1.54, 1.807) is 0 Å². The highest BCUT2D eigenvalue weighted by Gasteiger charge is 2.10. The zero-order valence-corrected chi connectivity index (χ0v) is 36.4. The molecular weight excluding hydrogens is 765 g/mol. The van der Waals surface area contributed by atoms with Gasteiger partial charge in [-0.25, -0.2) is 0 Å². The Morgan fingerprint density at radius 1 is 0.206 bits per heavy atom. The lowest BCUT2D eigenvalue weighted by atomic mass is 10.00. The second-order valence-corrected chi connectivity index (χ2v) is 15.4. The molecule has 0 bridgehead atoms. The molecule has 3 nitrogen and oxygen atoms in total. The molecule has 3 heteroatoms. The standard InChI is InChI=1S/C21H16N2O.C19H16.C13H12.C7H8/c1-15-7-9-16(10-8-15)17-11-13-19(14-12-17)21-23-22-20(24-21)18-5-3-2-4-6-18;1-15-7-9-17(10-8-15)19-13-11-18(12-14-19)16-5-3-2-4-6-16;1-11-7-9-13(10-8-11)12-5-3-2-4-6-12;1-7-5-3-2-4-6-7/h2-14H,1H3;2-14H,1H3;2-10H,1H3;2-6H,1H3. The Labute approximate surface area is 373 Å². The number of hydrogen-bond donors (Lipinski definition) is 0. The first kappa shape index (κ1) is 43.2. The molecule has 1 aromatic heterocycles.